The van der Waals surface area contributed by atoms with Crippen molar-refractivity contribution in [1.82, 2.24) is 4.98 Å². The van der Waals surface area contributed by atoms with Crippen molar-refractivity contribution in [3.8, 4) is 22.4 Å². The number of benzene rings is 3. The third-order valence-electron chi connectivity index (χ3n) is 5.39. The fourth-order valence-electron chi connectivity index (χ4n) is 4.00. The van der Waals surface area contributed by atoms with Gasteiger partial charge in [0.2, 0.25) is 0 Å². The average molecular weight is 513 g/mol. The Hall–Kier alpha value is -2.28. The number of hydrogen-bond acceptors (Lipinski definition) is 1. The van der Waals surface area contributed by atoms with Gasteiger partial charge in [-0.3, -0.25) is 4.98 Å². The molecule has 0 amide bonds. The molecule has 4 aromatic rings. The zero-order valence-corrected chi connectivity index (χ0v) is 17.1. The van der Waals surface area contributed by atoms with Crippen molar-refractivity contribution in [1.29, 1.82) is 0 Å². The van der Waals surface area contributed by atoms with Crippen LogP contribution in [0.5, 0.6) is 0 Å². The van der Waals surface area contributed by atoms with Gasteiger partial charge in [-0.05, 0) is 28.1 Å². The van der Waals surface area contributed by atoms with Crippen LogP contribution in [0.25, 0.3) is 33.3 Å². The quantitative estimate of drug-likeness (QED) is 0.285. The maximum Gasteiger partial charge on any atom is 0.0595 e. The molecule has 0 bridgehead atoms. The maximum absolute atomic E-state index is 4.84. The Kier molecular flexibility index (Phi) is 4.06. The molecule has 129 valence electrons. The second-order valence-corrected chi connectivity index (χ2v) is 7.23. The van der Waals surface area contributed by atoms with E-state index < -0.39 is 0 Å². The molecule has 26 heavy (non-hydrogen) atoms. The van der Waals surface area contributed by atoms with Crippen molar-refractivity contribution in [2.75, 3.05) is 0 Å². The van der Waals surface area contributed by atoms with E-state index in [2.05, 4.69) is 80.6 Å². The summed E-state index contributed by atoms with van der Waals surface area (Å²) in [6.07, 6.45) is 0. The Balaban J connectivity index is 0.00000168. The molecule has 0 saturated carbocycles. The number of hydrogen-bond donors (Lipinski definition) is 0. The van der Waals surface area contributed by atoms with Crippen LogP contribution in [0.1, 0.15) is 25.0 Å². The summed E-state index contributed by atoms with van der Waals surface area (Å²) in [5.41, 5.74) is 8.45. The van der Waals surface area contributed by atoms with Crippen LogP contribution in [0.4, 0.5) is 0 Å². The Morgan fingerprint density at radius 2 is 1.58 bits per heavy atom. The molecule has 0 saturated heterocycles. The molecule has 1 aliphatic rings. The summed E-state index contributed by atoms with van der Waals surface area (Å²) in [4.78, 5) is 4.84. The van der Waals surface area contributed by atoms with Gasteiger partial charge in [-0.2, -0.15) is 0 Å². The molecule has 2 heteroatoms. The van der Waals surface area contributed by atoms with Crippen LogP contribution in [0.2, 0.25) is 0 Å². The molecule has 1 radical (unpaired) electrons. The van der Waals surface area contributed by atoms with Crippen molar-refractivity contribution in [3.05, 3.63) is 90.0 Å². The van der Waals surface area contributed by atoms with Gasteiger partial charge in [-0.1, -0.05) is 79.6 Å². The summed E-state index contributed by atoms with van der Waals surface area (Å²) in [5, 5.41) is 1.17. The fraction of sp³-hybridized carbons (Fsp3) is 0.125. The molecule has 0 unspecified atom stereocenters. The molecular weight excluding hydrogens is 494 g/mol. The summed E-state index contributed by atoms with van der Waals surface area (Å²) in [6.45, 7) is 4.60. The summed E-state index contributed by atoms with van der Waals surface area (Å²) < 4.78 is 0. The predicted octanol–water partition coefficient (Wildman–Crippen LogP) is 6.01. The second kappa shape index (κ2) is 6.16. The van der Waals surface area contributed by atoms with Crippen LogP contribution in [0.15, 0.2) is 72.8 Å². The van der Waals surface area contributed by atoms with Crippen molar-refractivity contribution in [3.63, 3.8) is 0 Å². The summed E-state index contributed by atoms with van der Waals surface area (Å²) in [6, 6.07) is 29.0. The standard InChI is InChI=1S/C24H18N.Ir/c1-24(2)20-9-5-4-8-18(20)19-13-11-17(15-21(19)24)23-14-12-16-7-3-6-10-22(16)25-23;/h3-10,12-15H,1-2H3;/q-1;. The molecule has 5 rings (SSSR count). The Morgan fingerprint density at radius 3 is 2.46 bits per heavy atom. The Morgan fingerprint density at radius 1 is 0.808 bits per heavy atom. The Bertz CT molecular complexity index is 1130. The normalized spacial score (nSPS) is 13.8. The summed E-state index contributed by atoms with van der Waals surface area (Å²) in [5.74, 6) is 0. The van der Waals surface area contributed by atoms with E-state index >= 15 is 0 Å². The summed E-state index contributed by atoms with van der Waals surface area (Å²) >= 11 is 0. The van der Waals surface area contributed by atoms with Crippen LogP contribution in [0, 0.1) is 6.07 Å². The molecule has 1 nitrogen and oxygen atoms in total. The first-order chi connectivity index (χ1) is 12.1. The number of para-hydroxylation sites is 1. The smallest absolute Gasteiger partial charge is 0.0595 e. The molecule has 0 atom stereocenters. The van der Waals surface area contributed by atoms with Gasteiger partial charge in [0, 0.05) is 20.1 Å². The van der Waals surface area contributed by atoms with Gasteiger partial charge >= 0.3 is 0 Å². The van der Waals surface area contributed by atoms with E-state index in [1.165, 1.54) is 27.6 Å². The van der Waals surface area contributed by atoms with Crippen LogP contribution in [0.3, 0.4) is 0 Å². The second-order valence-electron chi connectivity index (χ2n) is 7.23. The van der Waals surface area contributed by atoms with Crippen molar-refractivity contribution >= 4 is 10.9 Å². The van der Waals surface area contributed by atoms with Crippen molar-refractivity contribution in [2.24, 2.45) is 0 Å². The largest absolute Gasteiger partial charge is 0.296 e. The van der Waals surface area contributed by atoms with Gasteiger partial charge in [0.05, 0.1) is 5.52 Å². The van der Waals surface area contributed by atoms with Crippen LogP contribution in [-0.2, 0) is 25.5 Å². The molecule has 0 fully saturated rings. The minimum absolute atomic E-state index is 0. The van der Waals surface area contributed by atoms with Crippen LogP contribution < -0.4 is 0 Å². The van der Waals surface area contributed by atoms with Gasteiger partial charge in [-0.15, -0.1) is 29.3 Å². The van der Waals surface area contributed by atoms with Crippen molar-refractivity contribution < 1.29 is 20.1 Å². The molecule has 3 aromatic carbocycles. The number of fused-ring (bicyclic) bond motifs is 4. The molecule has 0 spiro atoms. The Labute approximate surface area is 167 Å². The van der Waals surface area contributed by atoms with Crippen molar-refractivity contribution in [2.45, 2.75) is 19.3 Å². The van der Waals surface area contributed by atoms with E-state index in [0.29, 0.717) is 0 Å². The fourth-order valence-corrected chi connectivity index (χ4v) is 4.00. The minimum Gasteiger partial charge on any atom is -0.296 e. The monoisotopic (exact) mass is 513 g/mol. The first kappa shape index (κ1) is 17.1. The van der Waals surface area contributed by atoms with Gasteiger partial charge in [0.1, 0.15) is 0 Å². The number of aromatic nitrogens is 1. The van der Waals surface area contributed by atoms with E-state index in [0.717, 1.165) is 16.8 Å². The van der Waals surface area contributed by atoms with Gasteiger partial charge < -0.3 is 0 Å². The first-order valence-electron chi connectivity index (χ1n) is 8.67. The zero-order chi connectivity index (χ0) is 17.0. The van der Waals surface area contributed by atoms with Crippen LogP contribution >= 0.6 is 0 Å². The van der Waals surface area contributed by atoms with Crippen LogP contribution in [-0.4, -0.2) is 4.98 Å². The van der Waals surface area contributed by atoms with E-state index in [1.54, 1.807) is 0 Å². The number of rotatable bonds is 1. The van der Waals surface area contributed by atoms with Gasteiger partial charge in [0.25, 0.3) is 0 Å². The third-order valence-corrected chi connectivity index (χ3v) is 5.39. The summed E-state index contributed by atoms with van der Waals surface area (Å²) in [7, 11) is 0. The topological polar surface area (TPSA) is 12.9 Å². The third kappa shape index (κ3) is 2.45. The SMILES string of the molecule is CC1(C)c2ccccc2-c2c[c-]c(-c3ccc4ccccc4n3)cc21.[Ir]. The molecule has 1 aromatic heterocycles. The van der Waals surface area contributed by atoms with E-state index in [4.69, 9.17) is 4.98 Å². The molecule has 1 aliphatic carbocycles. The van der Waals surface area contributed by atoms with E-state index in [9.17, 15) is 0 Å². The molecule has 0 N–H and O–H groups in total. The number of pyridine rings is 1. The zero-order valence-electron chi connectivity index (χ0n) is 14.7. The van der Waals surface area contributed by atoms with Gasteiger partial charge in [0.15, 0.2) is 0 Å². The average Bonchev–Trinajstić information content (AvgIpc) is 2.89. The molecule has 1 heterocycles. The van der Waals surface area contributed by atoms with Gasteiger partial charge in [-0.25, -0.2) is 0 Å². The van der Waals surface area contributed by atoms with E-state index in [-0.39, 0.29) is 25.5 Å². The predicted molar refractivity (Wildman–Crippen MR) is 104 cm³/mol. The van der Waals surface area contributed by atoms with E-state index in [1.807, 2.05) is 12.1 Å². The molecule has 0 aliphatic heterocycles. The first-order valence-corrected chi connectivity index (χ1v) is 8.67. The number of nitrogens with zero attached hydrogens (tertiary/aromatic N) is 1. The minimum atomic E-state index is 0. The molecular formula is C24H18IrN-. The maximum atomic E-state index is 4.84.